The zero-order chi connectivity index (χ0) is 20.5. The van der Waals surface area contributed by atoms with Gasteiger partial charge in [0.05, 0.1) is 7.11 Å². The molecule has 1 aliphatic heterocycles. The van der Waals surface area contributed by atoms with Crippen LogP contribution in [0.5, 0.6) is 5.75 Å². The summed E-state index contributed by atoms with van der Waals surface area (Å²) in [6, 6.07) is 10.6. The van der Waals surface area contributed by atoms with E-state index in [0.717, 1.165) is 25.2 Å². The summed E-state index contributed by atoms with van der Waals surface area (Å²) in [5, 5.41) is 2.90. The van der Waals surface area contributed by atoms with Crippen molar-refractivity contribution in [2.75, 3.05) is 25.5 Å². The molecule has 4 nitrogen and oxygen atoms in total. The third kappa shape index (κ3) is 3.90. The topological polar surface area (TPSA) is 41.6 Å². The highest BCUT2D eigenvalue weighted by Crippen LogP contribution is 2.40. The summed E-state index contributed by atoms with van der Waals surface area (Å²) in [6.07, 6.45) is 1.11. The van der Waals surface area contributed by atoms with Crippen LogP contribution in [0.25, 0.3) is 0 Å². The first-order valence-electron chi connectivity index (χ1n) is 9.80. The number of amides is 1. The molecular weight excluding hydrogens is 355 g/mol. The van der Waals surface area contributed by atoms with Crippen molar-refractivity contribution in [2.45, 2.75) is 45.6 Å². The van der Waals surface area contributed by atoms with Gasteiger partial charge in [0, 0.05) is 29.3 Å². The number of carbonyl (C=O) groups excluding carboxylic acids is 1. The molecule has 1 N–H and O–H groups in total. The standard InChI is InChI=1S/C23H29FN2O2/c1-6-11-26-14-23(3,4)19-9-8-17(13-18(19)15(26)2)25-22(27)16-7-10-21(28-5)20(24)12-16/h7-10,12-13,15H,6,11,14H2,1-5H3,(H,25,27). The number of nitrogens with one attached hydrogen (secondary N) is 1. The van der Waals surface area contributed by atoms with Crippen molar-refractivity contribution in [3.8, 4) is 5.75 Å². The maximum Gasteiger partial charge on any atom is 0.255 e. The molecule has 0 fully saturated rings. The monoisotopic (exact) mass is 384 g/mol. The first-order chi connectivity index (χ1) is 13.3. The number of halogens is 1. The Kier molecular flexibility index (Phi) is 5.75. The van der Waals surface area contributed by atoms with Gasteiger partial charge < -0.3 is 10.1 Å². The number of hydrogen-bond donors (Lipinski definition) is 1. The lowest BCUT2D eigenvalue weighted by Crippen LogP contribution is -2.44. The predicted octanol–water partition coefficient (Wildman–Crippen LogP) is 5.15. The molecule has 0 aromatic heterocycles. The van der Waals surface area contributed by atoms with E-state index in [-0.39, 0.29) is 22.6 Å². The van der Waals surface area contributed by atoms with E-state index in [9.17, 15) is 9.18 Å². The number of nitrogens with zero attached hydrogens (tertiary/aromatic N) is 1. The summed E-state index contributed by atoms with van der Waals surface area (Å²) < 4.78 is 18.8. The van der Waals surface area contributed by atoms with Gasteiger partial charge in [0.15, 0.2) is 11.6 Å². The highest BCUT2D eigenvalue weighted by Gasteiger charge is 2.35. The van der Waals surface area contributed by atoms with E-state index in [2.05, 4.69) is 50.0 Å². The number of ether oxygens (including phenoxy) is 1. The lowest BCUT2D eigenvalue weighted by Gasteiger charge is -2.44. The van der Waals surface area contributed by atoms with Crippen LogP contribution in [0.3, 0.4) is 0 Å². The SMILES string of the molecule is CCCN1CC(C)(C)c2ccc(NC(=O)c3ccc(OC)c(F)c3)cc2C1C. The van der Waals surface area contributed by atoms with Gasteiger partial charge in [-0.2, -0.15) is 0 Å². The molecule has 0 bridgehead atoms. The molecule has 1 amide bonds. The second-order valence-electron chi connectivity index (χ2n) is 8.14. The number of fused-ring (bicyclic) bond motifs is 1. The van der Waals surface area contributed by atoms with Crippen molar-refractivity contribution in [2.24, 2.45) is 0 Å². The smallest absolute Gasteiger partial charge is 0.255 e. The summed E-state index contributed by atoms with van der Waals surface area (Å²) in [4.78, 5) is 15.1. The van der Waals surface area contributed by atoms with E-state index in [1.807, 2.05) is 6.07 Å². The van der Waals surface area contributed by atoms with Crippen molar-refractivity contribution < 1.29 is 13.9 Å². The van der Waals surface area contributed by atoms with Crippen LogP contribution < -0.4 is 10.1 Å². The number of rotatable bonds is 5. The molecular formula is C23H29FN2O2. The zero-order valence-electron chi connectivity index (χ0n) is 17.3. The number of hydrogen-bond acceptors (Lipinski definition) is 3. The van der Waals surface area contributed by atoms with Crippen LogP contribution in [0.15, 0.2) is 36.4 Å². The average molecular weight is 384 g/mol. The Morgan fingerprint density at radius 3 is 2.68 bits per heavy atom. The summed E-state index contributed by atoms with van der Waals surface area (Å²) >= 11 is 0. The average Bonchev–Trinajstić information content (AvgIpc) is 2.65. The molecule has 3 rings (SSSR count). The predicted molar refractivity (Wildman–Crippen MR) is 111 cm³/mol. The van der Waals surface area contributed by atoms with E-state index >= 15 is 0 Å². The van der Waals surface area contributed by atoms with Crippen LogP contribution in [0.2, 0.25) is 0 Å². The number of anilines is 1. The minimum absolute atomic E-state index is 0.0542. The van der Waals surface area contributed by atoms with Crippen LogP contribution in [-0.4, -0.2) is 31.0 Å². The molecule has 1 aliphatic rings. The molecule has 5 heteroatoms. The largest absolute Gasteiger partial charge is 0.494 e. The van der Waals surface area contributed by atoms with E-state index in [0.29, 0.717) is 6.04 Å². The molecule has 0 saturated heterocycles. The fourth-order valence-electron chi connectivity index (χ4n) is 4.10. The van der Waals surface area contributed by atoms with E-state index in [1.165, 1.54) is 30.4 Å². The van der Waals surface area contributed by atoms with E-state index in [1.54, 1.807) is 6.07 Å². The number of benzene rings is 2. The summed E-state index contributed by atoms with van der Waals surface area (Å²) in [7, 11) is 1.40. The minimum Gasteiger partial charge on any atom is -0.494 e. The van der Waals surface area contributed by atoms with Gasteiger partial charge in [-0.15, -0.1) is 0 Å². The lowest BCUT2D eigenvalue weighted by molar-refractivity contribution is 0.102. The molecule has 0 saturated carbocycles. The third-order valence-electron chi connectivity index (χ3n) is 5.56. The Bertz CT molecular complexity index is 879. The molecule has 0 radical (unpaired) electrons. The van der Waals surface area contributed by atoms with Crippen LogP contribution in [0.4, 0.5) is 10.1 Å². The Morgan fingerprint density at radius 2 is 2.04 bits per heavy atom. The van der Waals surface area contributed by atoms with Gasteiger partial charge in [0.2, 0.25) is 0 Å². The van der Waals surface area contributed by atoms with Gasteiger partial charge in [-0.25, -0.2) is 4.39 Å². The number of methoxy groups -OCH3 is 1. The Labute approximate surface area is 166 Å². The first-order valence-corrected chi connectivity index (χ1v) is 9.80. The maximum atomic E-state index is 13.9. The second-order valence-corrected chi connectivity index (χ2v) is 8.14. The van der Waals surface area contributed by atoms with Crippen LogP contribution in [0, 0.1) is 5.82 Å². The first kappa shape index (κ1) is 20.3. The molecule has 0 spiro atoms. The normalized spacial score (nSPS) is 18.4. The van der Waals surface area contributed by atoms with Crippen LogP contribution >= 0.6 is 0 Å². The molecule has 150 valence electrons. The van der Waals surface area contributed by atoms with Crippen molar-refractivity contribution in [1.82, 2.24) is 4.90 Å². The van der Waals surface area contributed by atoms with Crippen LogP contribution in [0.1, 0.15) is 61.6 Å². The van der Waals surface area contributed by atoms with Crippen molar-refractivity contribution in [3.05, 3.63) is 58.9 Å². The van der Waals surface area contributed by atoms with Gasteiger partial charge in [-0.3, -0.25) is 9.69 Å². The molecule has 1 unspecified atom stereocenters. The van der Waals surface area contributed by atoms with E-state index in [4.69, 9.17) is 4.74 Å². The van der Waals surface area contributed by atoms with Gasteiger partial charge in [0.25, 0.3) is 5.91 Å². The third-order valence-corrected chi connectivity index (χ3v) is 5.56. The molecule has 1 heterocycles. The van der Waals surface area contributed by atoms with Gasteiger partial charge in [-0.05, 0) is 61.3 Å². The van der Waals surface area contributed by atoms with E-state index < -0.39 is 5.82 Å². The Morgan fingerprint density at radius 1 is 1.29 bits per heavy atom. The molecule has 0 aliphatic carbocycles. The number of carbonyl (C=O) groups is 1. The highest BCUT2D eigenvalue weighted by molar-refractivity contribution is 6.04. The summed E-state index contributed by atoms with van der Waals surface area (Å²) in [5.74, 6) is -0.766. The zero-order valence-corrected chi connectivity index (χ0v) is 17.3. The highest BCUT2D eigenvalue weighted by atomic mass is 19.1. The maximum absolute atomic E-state index is 13.9. The van der Waals surface area contributed by atoms with Gasteiger partial charge in [0.1, 0.15) is 0 Å². The summed E-state index contributed by atoms with van der Waals surface area (Å²) in [5.41, 5.74) is 3.60. The van der Waals surface area contributed by atoms with Gasteiger partial charge in [-0.1, -0.05) is 26.8 Å². The Balaban J connectivity index is 1.87. The second kappa shape index (κ2) is 7.92. The van der Waals surface area contributed by atoms with Crippen molar-refractivity contribution in [1.29, 1.82) is 0 Å². The fourth-order valence-corrected chi connectivity index (χ4v) is 4.10. The Hall–Kier alpha value is -2.40. The summed E-state index contributed by atoms with van der Waals surface area (Å²) in [6.45, 7) is 11.0. The molecule has 28 heavy (non-hydrogen) atoms. The molecule has 2 aromatic carbocycles. The van der Waals surface area contributed by atoms with Crippen LogP contribution in [-0.2, 0) is 5.41 Å². The quantitative estimate of drug-likeness (QED) is 0.775. The van der Waals surface area contributed by atoms with Crippen molar-refractivity contribution in [3.63, 3.8) is 0 Å². The lowest BCUT2D eigenvalue weighted by atomic mass is 9.75. The fraction of sp³-hybridized carbons (Fsp3) is 0.435. The van der Waals surface area contributed by atoms with Crippen molar-refractivity contribution >= 4 is 11.6 Å². The molecule has 2 aromatic rings. The molecule has 1 atom stereocenters. The minimum atomic E-state index is -0.550. The van der Waals surface area contributed by atoms with Gasteiger partial charge >= 0.3 is 0 Å².